The molecule has 2 aromatic carbocycles. The van der Waals surface area contributed by atoms with Crippen molar-refractivity contribution in [3.05, 3.63) is 76.6 Å². The van der Waals surface area contributed by atoms with Crippen LogP contribution in [0.3, 0.4) is 0 Å². The summed E-state index contributed by atoms with van der Waals surface area (Å²) in [6.45, 7) is 0.533. The molecule has 3 aromatic rings. The maximum absolute atomic E-state index is 12.1. The number of aromatic nitrogens is 1. The summed E-state index contributed by atoms with van der Waals surface area (Å²) in [7, 11) is 0. The van der Waals surface area contributed by atoms with Crippen LogP contribution in [0.2, 0.25) is 0 Å². The van der Waals surface area contributed by atoms with Gasteiger partial charge in [-0.25, -0.2) is 0 Å². The molecule has 0 saturated heterocycles. The lowest BCUT2D eigenvalue weighted by molar-refractivity contribution is 0.795. The number of hydrogen-bond acceptors (Lipinski definition) is 2. The summed E-state index contributed by atoms with van der Waals surface area (Å²) in [4.78, 5) is 12.1. The quantitative estimate of drug-likeness (QED) is 0.711. The minimum Gasteiger partial charge on any atom is -0.399 e. The van der Waals surface area contributed by atoms with Gasteiger partial charge in [-0.15, -0.1) is 0 Å². The van der Waals surface area contributed by atoms with Crippen molar-refractivity contribution in [3.63, 3.8) is 0 Å². The summed E-state index contributed by atoms with van der Waals surface area (Å²) in [5.74, 6) is 0. The van der Waals surface area contributed by atoms with Crippen LogP contribution in [-0.2, 0) is 6.54 Å². The lowest BCUT2D eigenvalue weighted by Crippen LogP contribution is -2.19. The van der Waals surface area contributed by atoms with E-state index in [2.05, 4.69) is 0 Å². The van der Waals surface area contributed by atoms with Crippen molar-refractivity contribution in [2.24, 2.45) is 0 Å². The van der Waals surface area contributed by atoms with Gasteiger partial charge in [0.25, 0.3) is 5.56 Å². The Morgan fingerprint density at radius 3 is 2.63 bits per heavy atom. The van der Waals surface area contributed by atoms with Crippen molar-refractivity contribution in [3.8, 4) is 0 Å². The third kappa shape index (κ3) is 2.22. The van der Waals surface area contributed by atoms with E-state index in [1.807, 2.05) is 54.6 Å². The number of benzene rings is 2. The number of pyridine rings is 1. The first kappa shape index (κ1) is 11.5. The fourth-order valence-electron chi connectivity index (χ4n) is 2.28. The summed E-state index contributed by atoms with van der Waals surface area (Å²) < 4.78 is 1.77. The fraction of sp³-hybridized carbons (Fsp3) is 0.0625. The maximum atomic E-state index is 12.1. The van der Waals surface area contributed by atoms with E-state index in [-0.39, 0.29) is 5.56 Å². The fourth-order valence-corrected chi connectivity index (χ4v) is 2.28. The molecule has 0 atom stereocenters. The molecule has 2 N–H and O–H groups in total. The third-order valence-corrected chi connectivity index (χ3v) is 3.19. The molecule has 19 heavy (non-hydrogen) atoms. The molecule has 0 saturated carbocycles. The van der Waals surface area contributed by atoms with E-state index in [4.69, 9.17) is 5.73 Å². The van der Waals surface area contributed by atoms with Crippen LogP contribution in [0.5, 0.6) is 0 Å². The highest BCUT2D eigenvalue weighted by molar-refractivity contribution is 5.78. The molecular weight excluding hydrogens is 236 g/mol. The van der Waals surface area contributed by atoms with Crippen LogP contribution in [0.25, 0.3) is 10.9 Å². The van der Waals surface area contributed by atoms with Crippen molar-refractivity contribution < 1.29 is 0 Å². The molecule has 0 aliphatic carbocycles. The Hall–Kier alpha value is -2.55. The molecular formula is C16H14N2O. The smallest absolute Gasteiger partial charge is 0.251 e. The Bertz CT molecular complexity index is 790. The lowest BCUT2D eigenvalue weighted by Gasteiger charge is -2.10. The SMILES string of the molecule is Nc1cccc(Cn2c(=O)ccc3ccccc32)c1. The largest absolute Gasteiger partial charge is 0.399 e. The summed E-state index contributed by atoms with van der Waals surface area (Å²) in [5.41, 5.74) is 8.46. The molecule has 0 aliphatic heterocycles. The molecule has 3 rings (SSSR count). The number of para-hydroxylation sites is 1. The molecule has 0 amide bonds. The van der Waals surface area contributed by atoms with Crippen molar-refractivity contribution >= 4 is 16.6 Å². The molecule has 1 heterocycles. The normalized spacial score (nSPS) is 10.7. The van der Waals surface area contributed by atoms with E-state index in [0.29, 0.717) is 12.2 Å². The van der Waals surface area contributed by atoms with Gasteiger partial charge in [0.05, 0.1) is 12.1 Å². The van der Waals surface area contributed by atoms with E-state index in [1.165, 1.54) is 0 Å². The van der Waals surface area contributed by atoms with Gasteiger partial charge in [0.15, 0.2) is 0 Å². The topological polar surface area (TPSA) is 48.0 Å². The molecule has 0 bridgehead atoms. The first-order chi connectivity index (χ1) is 9.24. The summed E-state index contributed by atoms with van der Waals surface area (Å²) in [6.07, 6.45) is 0. The Morgan fingerprint density at radius 2 is 1.79 bits per heavy atom. The van der Waals surface area contributed by atoms with Crippen LogP contribution in [0.15, 0.2) is 65.5 Å². The molecule has 0 fully saturated rings. The summed E-state index contributed by atoms with van der Waals surface area (Å²) in [5, 5.41) is 1.06. The standard InChI is InChI=1S/C16H14N2O/c17-14-6-3-4-12(10-14)11-18-15-7-2-1-5-13(15)8-9-16(18)19/h1-10H,11,17H2. The third-order valence-electron chi connectivity index (χ3n) is 3.19. The van der Waals surface area contributed by atoms with E-state index >= 15 is 0 Å². The van der Waals surface area contributed by atoms with Crippen LogP contribution in [-0.4, -0.2) is 4.57 Å². The molecule has 1 aromatic heterocycles. The van der Waals surface area contributed by atoms with Gasteiger partial charge in [0, 0.05) is 11.8 Å². The van der Waals surface area contributed by atoms with Crippen LogP contribution in [0, 0.1) is 0 Å². The zero-order chi connectivity index (χ0) is 13.2. The van der Waals surface area contributed by atoms with Crippen molar-refractivity contribution in [2.45, 2.75) is 6.54 Å². The number of nitrogens with two attached hydrogens (primary N) is 1. The zero-order valence-electron chi connectivity index (χ0n) is 10.4. The minimum atomic E-state index is 0.00104. The van der Waals surface area contributed by atoms with Gasteiger partial charge in [-0.1, -0.05) is 30.3 Å². The lowest BCUT2D eigenvalue weighted by atomic mass is 10.1. The Balaban J connectivity index is 2.14. The summed E-state index contributed by atoms with van der Waals surface area (Å²) >= 11 is 0. The molecule has 0 radical (unpaired) electrons. The van der Waals surface area contributed by atoms with E-state index in [0.717, 1.165) is 16.5 Å². The highest BCUT2D eigenvalue weighted by Crippen LogP contribution is 2.14. The van der Waals surface area contributed by atoms with Gasteiger partial charge in [-0.3, -0.25) is 4.79 Å². The van der Waals surface area contributed by atoms with Gasteiger partial charge < -0.3 is 10.3 Å². The number of anilines is 1. The van der Waals surface area contributed by atoms with Crippen LogP contribution in [0.1, 0.15) is 5.56 Å². The van der Waals surface area contributed by atoms with Crippen LogP contribution in [0.4, 0.5) is 5.69 Å². The Kier molecular flexibility index (Phi) is 2.80. The van der Waals surface area contributed by atoms with E-state index in [9.17, 15) is 4.79 Å². The molecule has 0 unspecified atom stereocenters. The van der Waals surface area contributed by atoms with Gasteiger partial charge in [0.1, 0.15) is 0 Å². The number of rotatable bonds is 2. The maximum Gasteiger partial charge on any atom is 0.251 e. The molecule has 0 aliphatic rings. The van der Waals surface area contributed by atoms with Crippen LogP contribution >= 0.6 is 0 Å². The van der Waals surface area contributed by atoms with E-state index < -0.39 is 0 Å². The minimum absolute atomic E-state index is 0.00104. The van der Waals surface area contributed by atoms with Crippen LogP contribution < -0.4 is 11.3 Å². The predicted molar refractivity (Wildman–Crippen MR) is 78.2 cm³/mol. The van der Waals surface area contributed by atoms with Gasteiger partial charge in [0.2, 0.25) is 0 Å². The van der Waals surface area contributed by atoms with Crippen molar-refractivity contribution in [2.75, 3.05) is 5.73 Å². The van der Waals surface area contributed by atoms with Crippen molar-refractivity contribution in [1.29, 1.82) is 0 Å². The average Bonchev–Trinajstić information content (AvgIpc) is 2.42. The molecule has 0 spiro atoms. The highest BCUT2D eigenvalue weighted by Gasteiger charge is 2.03. The average molecular weight is 250 g/mol. The van der Waals surface area contributed by atoms with Crippen molar-refractivity contribution in [1.82, 2.24) is 4.57 Å². The highest BCUT2D eigenvalue weighted by atomic mass is 16.1. The van der Waals surface area contributed by atoms with Gasteiger partial charge in [-0.05, 0) is 35.2 Å². The Morgan fingerprint density at radius 1 is 0.947 bits per heavy atom. The molecule has 94 valence electrons. The summed E-state index contributed by atoms with van der Waals surface area (Å²) in [6, 6.07) is 19.0. The first-order valence-corrected chi connectivity index (χ1v) is 6.17. The number of nitrogens with zero attached hydrogens (tertiary/aromatic N) is 1. The van der Waals surface area contributed by atoms with Gasteiger partial charge in [-0.2, -0.15) is 0 Å². The number of fused-ring (bicyclic) bond motifs is 1. The first-order valence-electron chi connectivity index (χ1n) is 6.17. The Labute approximate surface area is 110 Å². The van der Waals surface area contributed by atoms with E-state index in [1.54, 1.807) is 10.6 Å². The monoisotopic (exact) mass is 250 g/mol. The second-order valence-corrected chi connectivity index (χ2v) is 4.56. The molecule has 3 heteroatoms. The number of nitrogen functional groups attached to an aromatic ring is 1. The van der Waals surface area contributed by atoms with Gasteiger partial charge >= 0.3 is 0 Å². The number of hydrogen-bond donors (Lipinski definition) is 1. The zero-order valence-corrected chi connectivity index (χ0v) is 10.4. The molecule has 3 nitrogen and oxygen atoms in total. The predicted octanol–water partition coefficient (Wildman–Crippen LogP) is 2.63. The second kappa shape index (κ2) is 4.61. The second-order valence-electron chi connectivity index (χ2n) is 4.56.